The van der Waals surface area contributed by atoms with E-state index in [9.17, 15) is 4.57 Å². The van der Waals surface area contributed by atoms with Crippen LogP contribution < -0.4 is 5.73 Å². The van der Waals surface area contributed by atoms with Crippen molar-refractivity contribution in [1.82, 2.24) is 0 Å². The molecular formula is C19H24NO3P. The van der Waals surface area contributed by atoms with Crippen LogP contribution in [-0.4, -0.2) is 13.2 Å². The molecule has 0 atom stereocenters. The van der Waals surface area contributed by atoms with E-state index in [0.29, 0.717) is 13.2 Å². The van der Waals surface area contributed by atoms with Crippen molar-refractivity contribution in [2.75, 3.05) is 18.9 Å². The number of anilines is 1. The third-order valence-corrected chi connectivity index (χ3v) is 5.47. The monoisotopic (exact) mass is 345 g/mol. The van der Waals surface area contributed by atoms with Gasteiger partial charge < -0.3 is 14.8 Å². The van der Waals surface area contributed by atoms with Crippen molar-refractivity contribution >= 4 is 25.4 Å². The quantitative estimate of drug-likeness (QED) is 0.405. The van der Waals surface area contributed by atoms with Gasteiger partial charge in [0.1, 0.15) is 0 Å². The minimum Gasteiger partial charge on any atom is -0.399 e. The second-order valence-corrected chi connectivity index (χ2v) is 7.40. The number of hydrogen-bond donors (Lipinski definition) is 1. The zero-order chi connectivity index (χ0) is 17.4. The molecule has 5 heteroatoms. The van der Waals surface area contributed by atoms with Crippen molar-refractivity contribution in [3.63, 3.8) is 0 Å². The molecule has 0 heterocycles. The molecule has 0 saturated carbocycles. The van der Waals surface area contributed by atoms with Crippen LogP contribution in [0.15, 0.2) is 48.5 Å². The molecule has 0 aromatic heterocycles. The molecule has 0 aliphatic heterocycles. The van der Waals surface area contributed by atoms with Crippen molar-refractivity contribution < 1.29 is 13.6 Å². The highest BCUT2D eigenvalue weighted by atomic mass is 31.2. The van der Waals surface area contributed by atoms with E-state index in [1.54, 1.807) is 0 Å². The van der Waals surface area contributed by atoms with Gasteiger partial charge in [-0.1, -0.05) is 48.6 Å². The molecular weight excluding hydrogens is 321 g/mol. The van der Waals surface area contributed by atoms with Gasteiger partial charge in [-0.2, -0.15) is 0 Å². The molecule has 2 aromatic carbocycles. The van der Waals surface area contributed by atoms with Crippen LogP contribution in [0.3, 0.4) is 0 Å². The summed E-state index contributed by atoms with van der Waals surface area (Å²) in [4.78, 5) is 0. The highest BCUT2D eigenvalue weighted by Crippen LogP contribution is 2.51. The van der Waals surface area contributed by atoms with Gasteiger partial charge in [0.25, 0.3) is 0 Å². The Morgan fingerprint density at radius 1 is 0.875 bits per heavy atom. The lowest BCUT2D eigenvalue weighted by Gasteiger charge is -2.16. The lowest BCUT2D eigenvalue weighted by atomic mass is 10.1. The molecule has 0 aliphatic rings. The van der Waals surface area contributed by atoms with Crippen LogP contribution in [0.1, 0.15) is 30.5 Å². The molecule has 24 heavy (non-hydrogen) atoms. The van der Waals surface area contributed by atoms with Crippen LogP contribution in [0.5, 0.6) is 0 Å². The van der Waals surface area contributed by atoms with Gasteiger partial charge >= 0.3 is 7.60 Å². The molecule has 0 spiro atoms. The van der Waals surface area contributed by atoms with Crippen molar-refractivity contribution in [3.05, 3.63) is 65.2 Å². The Bertz CT molecular complexity index is 698. The highest BCUT2D eigenvalue weighted by Gasteiger charge is 2.23. The van der Waals surface area contributed by atoms with E-state index in [-0.39, 0.29) is 6.16 Å². The fraction of sp³-hybridized carbons (Fsp3) is 0.263. The topological polar surface area (TPSA) is 61.5 Å². The third-order valence-electron chi connectivity index (χ3n) is 3.41. The largest absolute Gasteiger partial charge is 0.399 e. The van der Waals surface area contributed by atoms with Crippen LogP contribution in [0.25, 0.3) is 12.2 Å². The molecule has 128 valence electrons. The maximum atomic E-state index is 12.5. The van der Waals surface area contributed by atoms with E-state index in [4.69, 9.17) is 14.8 Å². The predicted octanol–water partition coefficient (Wildman–Crippen LogP) is 5.21. The fourth-order valence-electron chi connectivity index (χ4n) is 2.28. The number of nitrogens with two attached hydrogens (primary N) is 1. The van der Waals surface area contributed by atoms with Gasteiger partial charge in [-0.25, -0.2) is 0 Å². The first-order chi connectivity index (χ1) is 11.5. The zero-order valence-corrected chi connectivity index (χ0v) is 15.0. The molecule has 0 fully saturated rings. The van der Waals surface area contributed by atoms with E-state index in [1.807, 2.05) is 74.5 Å². The molecule has 2 rings (SSSR count). The summed E-state index contributed by atoms with van der Waals surface area (Å²) in [6.07, 6.45) is 4.34. The summed E-state index contributed by atoms with van der Waals surface area (Å²) in [5.41, 5.74) is 9.52. The Balaban J connectivity index is 2.04. The molecule has 2 N–H and O–H groups in total. The summed E-state index contributed by atoms with van der Waals surface area (Å²) >= 11 is 0. The van der Waals surface area contributed by atoms with Gasteiger partial charge in [-0.05, 0) is 42.7 Å². The first-order valence-corrected chi connectivity index (χ1v) is 9.78. The summed E-state index contributed by atoms with van der Waals surface area (Å²) in [6, 6.07) is 15.6. The van der Waals surface area contributed by atoms with Crippen LogP contribution >= 0.6 is 7.60 Å². The lowest BCUT2D eigenvalue weighted by molar-refractivity contribution is 0.219. The molecule has 0 unspecified atom stereocenters. The molecule has 0 amide bonds. The molecule has 0 bridgehead atoms. The van der Waals surface area contributed by atoms with E-state index >= 15 is 0 Å². The maximum absolute atomic E-state index is 12.5. The van der Waals surface area contributed by atoms with Crippen LogP contribution in [0.4, 0.5) is 5.69 Å². The van der Waals surface area contributed by atoms with Crippen molar-refractivity contribution in [1.29, 1.82) is 0 Å². The Morgan fingerprint density at radius 3 is 1.79 bits per heavy atom. The SMILES string of the molecule is CCOP(=O)(Cc1ccc(C=Cc2ccc(N)cc2)cc1)OCC. The summed E-state index contributed by atoms with van der Waals surface area (Å²) in [5, 5.41) is 0. The van der Waals surface area contributed by atoms with Crippen LogP contribution in [0, 0.1) is 0 Å². The molecule has 0 radical (unpaired) electrons. The van der Waals surface area contributed by atoms with Crippen molar-refractivity contribution in [2.45, 2.75) is 20.0 Å². The Morgan fingerprint density at radius 2 is 1.33 bits per heavy atom. The number of hydrogen-bond acceptors (Lipinski definition) is 4. The summed E-state index contributed by atoms with van der Waals surface area (Å²) in [7, 11) is -3.05. The number of rotatable bonds is 8. The minimum atomic E-state index is -3.05. The molecule has 0 saturated heterocycles. The molecule has 0 aliphatic carbocycles. The molecule has 2 aromatic rings. The van der Waals surface area contributed by atoms with E-state index in [2.05, 4.69) is 0 Å². The Labute approximate surface area is 143 Å². The number of nitrogen functional groups attached to an aromatic ring is 1. The summed E-state index contributed by atoms with van der Waals surface area (Å²) < 4.78 is 23.2. The first kappa shape index (κ1) is 18.5. The fourth-order valence-corrected chi connectivity index (χ4v) is 3.98. The van der Waals surface area contributed by atoms with Crippen LogP contribution in [0.2, 0.25) is 0 Å². The Kier molecular flexibility index (Phi) is 6.80. The first-order valence-electron chi connectivity index (χ1n) is 8.05. The highest BCUT2D eigenvalue weighted by molar-refractivity contribution is 7.53. The number of benzene rings is 2. The standard InChI is InChI=1S/C19H24NO3P/c1-3-22-24(21,23-4-2)15-18-9-7-16(8-10-18)5-6-17-11-13-19(20)14-12-17/h5-14H,3-4,15,20H2,1-2H3. The zero-order valence-electron chi connectivity index (χ0n) is 14.1. The Hall–Kier alpha value is -1.87. The van der Waals surface area contributed by atoms with Gasteiger partial charge in [0.15, 0.2) is 0 Å². The third kappa shape index (κ3) is 5.64. The minimum absolute atomic E-state index is 0.288. The maximum Gasteiger partial charge on any atom is 0.335 e. The second kappa shape index (κ2) is 8.84. The van der Waals surface area contributed by atoms with Gasteiger partial charge in [0.05, 0.1) is 19.4 Å². The van der Waals surface area contributed by atoms with Gasteiger partial charge in [0.2, 0.25) is 0 Å². The lowest BCUT2D eigenvalue weighted by Crippen LogP contribution is -1.99. The van der Waals surface area contributed by atoms with Crippen molar-refractivity contribution in [2.24, 2.45) is 0 Å². The predicted molar refractivity (Wildman–Crippen MR) is 101 cm³/mol. The van der Waals surface area contributed by atoms with Gasteiger partial charge in [-0.15, -0.1) is 0 Å². The smallest absolute Gasteiger partial charge is 0.335 e. The normalized spacial score (nSPS) is 11.9. The summed E-state index contributed by atoms with van der Waals surface area (Å²) in [6.45, 7) is 4.38. The van der Waals surface area contributed by atoms with E-state index in [0.717, 1.165) is 22.4 Å². The van der Waals surface area contributed by atoms with E-state index < -0.39 is 7.60 Å². The van der Waals surface area contributed by atoms with E-state index in [1.165, 1.54) is 0 Å². The summed E-state index contributed by atoms with van der Waals surface area (Å²) in [5.74, 6) is 0. The average Bonchev–Trinajstić information content (AvgIpc) is 2.56. The molecule has 4 nitrogen and oxygen atoms in total. The second-order valence-electron chi connectivity index (χ2n) is 5.35. The average molecular weight is 345 g/mol. The van der Waals surface area contributed by atoms with Gasteiger partial charge in [-0.3, -0.25) is 4.57 Å². The van der Waals surface area contributed by atoms with Crippen LogP contribution in [-0.2, 0) is 19.8 Å². The van der Waals surface area contributed by atoms with Crippen molar-refractivity contribution in [3.8, 4) is 0 Å². The van der Waals surface area contributed by atoms with Gasteiger partial charge in [0, 0.05) is 5.69 Å².